The summed E-state index contributed by atoms with van der Waals surface area (Å²) in [7, 11) is 3.58. The van der Waals surface area contributed by atoms with Gasteiger partial charge in [-0.25, -0.2) is 14.8 Å². The van der Waals surface area contributed by atoms with Gasteiger partial charge in [-0.2, -0.15) is 5.21 Å². The number of tetrazole rings is 1. The van der Waals surface area contributed by atoms with E-state index in [2.05, 4.69) is 36.2 Å². The van der Waals surface area contributed by atoms with Crippen molar-refractivity contribution in [3.05, 3.63) is 68.4 Å². The fourth-order valence-corrected chi connectivity index (χ4v) is 6.21. The molecule has 0 unspecified atom stereocenters. The number of nitrogens with zero attached hydrogens (tertiary/aromatic N) is 8. The number of carbonyl (C=O) groups is 3. The van der Waals surface area contributed by atoms with Gasteiger partial charge in [0, 0.05) is 41.7 Å². The Hall–Kier alpha value is -5.29. The molecule has 0 spiro atoms. The topological polar surface area (TPSA) is 200 Å². The molecule has 2 amide bonds. The highest BCUT2D eigenvalue weighted by Gasteiger charge is 2.24. The highest BCUT2D eigenvalue weighted by Crippen LogP contribution is 2.27. The average Bonchev–Trinajstić information content (AvgIpc) is 3.72. The Labute approximate surface area is 286 Å². The van der Waals surface area contributed by atoms with Gasteiger partial charge in [-0.15, -0.1) is 21.5 Å². The van der Waals surface area contributed by atoms with Crippen LogP contribution in [0.2, 0.25) is 0 Å². The predicted molar refractivity (Wildman–Crippen MR) is 185 cm³/mol. The van der Waals surface area contributed by atoms with Crippen molar-refractivity contribution in [1.82, 2.24) is 40.3 Å². The van der Waals surface area contributed by atoms with Crippen LogP contribution < -0.4 is 21.1 Å². The van der Waals surface area contributed by atoms with E-state index in [1.54, 1.807) is 44.5 Å². The van der Waals surface area contributed by atoms with Crippen LogP contribution >= 0.6 is 11.3 Å². The van der Waals surface area contributed by atoms with Crippen molar-refractivity contribution in [2.24, 2.45) is 0 Å². The lowest BCUT2D eigenvalue weighted by molar-refractivity contribution is -0.881. The van der Waals surface area contributed by atoms with Gasteiger partial charge in [0.15, 0.2) is 17.5 Å². The summed E-state index contributed by atoms with van der Waals surface area (Å²) in [5, 5.41) is 31.0. The monoisotopic (exact) mass is 690 g/mol. The van der Waals surface area contributed by atoms with Crippen molar-refractivity contribution in [3.8, 4) is 0 Å². The molecule has 0 saturated carbocycles. The molecule has 0 aromatic carbocycles. The first-order valence-corrected chi connectivity index (χ1v) is 16.6. The van der Waals surface area contributed by atoms with Crippen LogP contribution in [0.15, 0.2) is 40.2 Å². The van der Waals surface area contributed by atoms with Gasteiger partial charge in [0.05, 0.1) is 38.4 Å². The van der Waals surface area contributed by atoms with E-state index in [0.717, 1.165) is 11.3 Å². The Balaban J connectivity index is 1.41. The summed E-state index contributed by atoms with van der Waals surface area (Å²) >= 11 is 1.34. The molecule has 49 heavy (non-hydrogen) atoms. The smallest absolute Gasteiger partial charge is 0.359 e. The first-order chi connectivity index (χ1) is 23.2. The lowest BCUT2D eigenvalue weighted by Crippen LogP contribution is -2.48. The molecule has 4 aromatic heterocycles. The van der Waals surface area contributed by atoms with Crippen LogP contribution in [0.3, 0.4) is 0 Å². The van der Waals surface area contributed by atoms with Crippen molar-refractivity contribution in [1.29, 1.82) is 0 Å². The molecule has 1 aliphatic heterocycles. The Morgan fingerprint density at radius 3 is 2.67 bits per heavy atom. The number of anilines is 2. The summed E-state index contributed by atoms with van der Waals surface area (Å²) in [6, 6.07) is 3.11. The maximum Gasteiger partial charge on any atom is 0.359 e. The number of aliphatic carboxylic acids is 1. The van der Waals surface area contributed by atoms with Gasteiger partial charge in [-0.05, 0) is 47.9 Å². The number of fused-ring (bicyclic) bond motifs is 1. The number of amides is 2. The van der Waals surface area contributed by atoms with Crippen LogP contribution in [0.1, 0.15) is 61.1 Å². The van der Waals surface area contributed by atoms with E-state index in [9.17, 15) is 19.2 Å². The number of hydrogen-bond acceptors (Lipinski definition) is 11. The molecular weight excluding hydrogens is 650 g/mol. The second kappa shape index (κ2) is 14.4. The molecule has 0 aliphatic carbocycles. The number of nitrogens with one attached hydrogen (secondary N) is 3. The molecule has 4 N–H and O–H groups in total. The minimum absolute atomic E-state index is 0.0511. The molecular formula is C32H40N11O5S+. The van der Waals surface area contributed by atoms with Gasteiger partial charge in [0.25, 0.3) is 11.5 Å². The fourth-order valence-electron chi connectivity index (χ4n) is 5.27. The highest BCUT2D eigenvalue weighted by atomic mass is 32.1. The van der Waals surface area contributed by atoms with Crippen molar-refractivity contribution < 1.29 is 24.0 Å². The second-order valence-electron chi connectivity index (χ2n) is 13.5. The maximum absolute atomic E-state index is 13.9. The molecule has 0 bridgehead atoms. The van der Waals surface area contributed by atoms with Crippen LogP contribution in [0.25, 0.3) is 17.8 Å². The summed E-state index contributed by atoms with van der Waals surface area (Å²) in [4.78, 5) is 62.4. The number of aromatic amines is 1. The summed E-state index contributed by atoms with van der Waals surface area (Å²) in [5.41, 5.74) is 2.06. The minimum Gasteiger partial charge on any atom is -0.477 e. The number of carbonyl (C=O) groups excluding carboxylic acids is 2. The number of carboxylic acid groups (broad SMARTS) is 1. The zero-order valence-corrected chi connectivity index (χ0v) is 28.9. The summed E-state index contributed by atoms with van der Waals surface area (Å²) in [6.45, 7) is 7.79. The van der Waals surface area contributed by atoms with Crippen molar-refractivity contribution in [3.63, 3.8) is 0 Å². The van der Waals surface area contributed by atoms with E-state index in [1.165, 1.54) is 21.9 Å². The summed E-state index contributed by atoms with van der Waals surface area (Å²) < 4.78 is 1.60. The van der Waals surface area contributed by atoms with Crippen LogP contribution in [0.5, 0.6) is 0 Å². The normalized spacial score (nSPS) is 14.9. The number of H-pyrrole nitrogens is 1. The first kappa shape index (κ1) is 35.0. The van der Waals surface area contributed by atoms with E-state index < -0.39 is 5.97 Å². The Bertz CT molecular complexity index is 1970. The number of rotatable bonds is 11. The van der Waals surface area contributed by atoms with Crippen LogP contribution in [-0.2, 0) is 15.0 Å². The number of thiazole rings is 1. The molecule has 1 saturated heterocycles. The Morgan fingerprint density at radius 1 is 1.18 bits per heavy atom. The number of carboxylic acids is 1. The highest BCUT2D eigenvalue weighted by molar-refractivity contribution is 7.14. The number of piperidine rings is 1. The summed E-state index contributed by atoms with van der Waals surface area (Å²) in [5.74, 6) is -0.898. The first-order valence-electron chi connectivity index (χ1n) is 15.7. The lowest BCUT2D eigenvalue weighted by atomic mass is 9.93. The van der Waals surface area contributed by atoms with E-state index in [-0.39, 0.29) is 50.9 Å². The molecule has 258 valence electrons. The zero-order chi connectivity index (χ0) is 35.3. The van der Waals surface area contributed by atoms with Crippen molar-refractivity contribution in [2.75, 3.05) is 57.0 Å². The van der Waals surface area contributed by atoms with Crippen LogP contribution in [-0.4, -0.2) is 109 Å². The van der Waals surface area contributed by atoms with Gasteiger partial charge in [0.1, 0.15) is 11.5 Å². The van der Waals surface area contributed by atoms with Gasteiger partial charge < -0.3 is 19.8 Å². The third-order valence-corrected chi connectivity index (χ3v) is 8.65. The molecule has 17 heteroatoms. The minimum atomic E-state index is -0.904. The number of likely N-dealkylation sites (N-methyl/N-ethyl adjacent to an activating group) is 1. The van der Waals surface area contributed by atoms with Gasteiger partial charge >= 0.3 is 5.97 Å². The van der Waals surface area contributed by atoms with E-state index >= 15 is 0 Å². The quantitative estimate of drug-likeness (QED) is 0.133. The zero-order valence-electron chi connectivity index (χ0n) is 28.1. The maximum atomic E-state index is 13.9. The Kier molecular flexibility index (Phi) is 10.3. The van der Waals surface area contributed by atoms with Gasteiger partial charge in [0.2, 0.25) is 5.91 Å². The second-order valence-corrected chi connectivity index (χ2v) is 14.3. The van der Waals surface area contributed by atoms with Crippen LogP contribution in [0, 0.1) is 0 Å². The standard InChI is InChI=1S/C32H39N11O5S/c1-32(2,3)23-19-49-31(34-23)36-29(47)21-10-13-42-25(16-21)35-28(22(30(42)48)8-9-24-37-39-40-38-24)41-12-6-7-20(17-41)15-26(44)33-11-14-43(4,5)18-27(45)46/h8-10,13,15-16,19H,6-7,11-12,14,17-18H2,1-5H3,(H3-,33,34,36,37,38,39,40,44,45,46,47)/p+1/b20-15+. The van der Waals surface area contributed by atoms with Crippen molar-refractivity contribution >= 4 is 57.9 Å². The fraction of sp³-hybridized carbons (Fsp3) is 0.406. The largest absolute Gasteiger partial charge is 0.477 e. The number of hydrogen-bond donors (Lipinski definition) is 4. The molecule has 0 atom stereocenters. The van der Waals surface area contributed by atoms with E-state index in [1.807, 2.05) is 31.1 Å². The average molecular weight is 691 g/mol. The lowest BCUT2D eigenvalue weighted by Gasteiger charge is -2.31. The number of quaternary nitrogens is 1. The Morgan fingerprint density at radius 2 is 1.98 bits per heavy atom. The molecule has 16 nitrogen and oxygen atoms in total. The molecule has 5 rings (SSSR count). The molecule has 0 radical (unpaired) electrons. The summed E-state index contributed by atoms with van der Waals surface area (Å²) in [6.07, 6.45) is 7.60. The predicted octanol–water partition coefficient (Wildman–Crippen LogP) is 2.19. The molecule has 5 heterocycles. The van der Waals surface area contributed by atoms with Crippen molar-refractivity contribution in [2.45, 2.75) is 39.0 Å². The van der Waals surface area contributed by atoms with Gasteiger partial charge in [-0.1, -0.05) is 20.8 Å². The van der Waals surface area contributed by atoms with Crippen LogP contribution in [0.4, 0.5) is 10.9 Å². The third-order valence-electron chi connectivity index (χ3n) is 7.90. The van der Waals surface area contributed by atoms with E-state index in [0.29, 0.717) is 55.5 Å². The number of pyridine rings is 1. The molecule has 1 fully saturated rings. The third kappa shape index (κ3) is 8.99. The van der Waals surface area contributed by atoms with E-state index in [4.69, 9.17) is 10.1 Å². The number of aromatic nitrogens is 7. The molecule has 4 aromatic rings. The molecule has 1 aliphatic rings. The van der Waals surface area contributed by atoms with Gasteiger partial charge in [-0.3, -0.25) is 24.1 Å². The SMILES string of the molecule is CC(C)(C)c1csc(NC(=O)c2ccn3c(=O)c(/C=C/c4nn[nH]n4)c(N4CCC/C(=C\C(=O)NCC[N+](C)(C)CC(=O)O)C4)nc3c2)n1.